The largest absolute Gasteiger partial charge is 0.381 e. The molecule has 0 bridgehead atoms. The van der Waals surface area contributed by atoms with E-state index in [0.717, 1.165) is 25.5 Å². The van der Waals surface area contributed by atoms with E-state index in [2.05, 4.69) is 43.4 Å². The van der Waals surface area contributed by atoms with Crippen molar-refractivity contribution < 1.29 is 4.74 Å². The quantitative estimate of drug-likeness (QED) is 0.593. The highest BCUT2D eigenvalue weighted by atomic mass is 16.5. The lowest BCUT2D eigenvalue weighted by atomic mass is 9.64. The number of likely N-dealkylation sites (tertiary alicyclic amines) is 1. The van der Waals surface area contributed by atoms with Gasteiger partial charge < -0.3 is 20.3 Å². The average molecular weight is 296 g/mol. The van der Waals surface area contributed by atoms with Crippen LogP contribution in [0.1, 0.15) is 33.6 Å². The van der Waals surface area contributed by atoms with Crippen molar-refractivity contribution in [2.45, 2.75) is 45.8 Å². The molecular weight excluding hydrogens is 264 g/mol. The van der Waals surface area contributed by atoms with Crippen molar-refractivity contribution in [3.05, 3.63) is 0 Å². The first kappa shape index (κ1) is 16.6. The maximum absolute atomic E-state index is 5.52. The molecule has 1 aliphatic heterocycles. The molecular formula is C16H32N4O. The Balaban J connectivity index is 1.87. The topological polar surface area (TPSA) is 48.9 Å². The summed E-state index contributed by atoms with van der Waals surface area (Å²) in [6, 6.07) is 0.437. The van der Waals surface area contributed by atoms with E-state index in [1.54, 1.807) is 7.11 Å². The lowest BCUT2D eigenvalue weighted by Gasteiger charge is -2.51. The number of nitrogens with one attached hydrogen (secondary N) is 2. The van der Waals surface area contributed by atoms with Crippen LogP contribution in [0.25, 0.3) is 0 Å². The molecule has 2 rings (SSSR count). The second-order valence-electron chi connectivity index (χ2n) is 7.11. The molecule has 5 nitrogen and oxygen atoms in total. The molecule has 3 atom stereocenters. The molecule has 1 saturated carbocycles. The molecule has 0 aromatic rings. The van der Waals surface area contributed by atoms with Crippen LogP contribution in [-0.2, 0) is 4.74 Å². The fourth-order valence-electron chi connectivity index (χ4n) is 3.41. The summed E-state index contributed by atoms with van der Waals surface area (Å²) in [5.74, 6) is 1.66. The summed E-state index contributed by atoms with van der Waals surface area (Å²) >= 11 is 0. The van der Waals surface area contributed by atoms with E-state index in [9.17, 15) is 0 Å². The molecule has 3 unspecified atom stereocenters. The summed E-state index contributed by atoms with van der Waals surface area (Å²) in [4.78, 5) is 7.18. The van der Waals surface area contributed by atoms with Gasteiger partial charge in [-0.05, 0) is 39.3 Å². The maximum atomic E-state index is 5.52. The zero-order chi connectivity index (χ0) is 15.5. The van der Waals surface area contributed by atoms with Crippen LogP contribution in [-0.4, -0.2) is 63.3 Å². The number of methoxy groups -OCH3 is 1. The van der Waals surface area contributed by atoms with E-state index in [1.807, 2.05) is 0 Å². The van der Waals surface area contributed by atoms with Gasteiger partial charge in [-0.25, -0.2) is 0 Å². The summed E-state index contributed by atoms with van der Waals surface area (Å²) in [5.41, 5.74) is 0.165. The highest BCUT2D eigenvalue weighted by Gasteiger charge is 2.48. The summed E-state index contributed by atoms with van der Waals surface area (Å²) in [5, 5.41) is 6.96. The first-order chi connectivity index (χ1) is 9.97. The van der Waals surface area contributed by atoms with Gasteiger partial charge in [-0.1, -0.05) is 13.8 Å². The summed E-state index contributed by atoms with van der Waals surface area (Å²) in [6.07, 6.45) is 2.67. The van der Waals surface area contributed by atoms with Crippen molar-refractivity contribution in [2.24, 2.45) is 16.3 Å². The van der Waals surface area contributed by atoms with Gasteiger partial charge in [-0.3, -0.25) is 4.99 Å². The Kier molecular flexibility index (Phi) is 5.49. The fourth-order valence-corrected chi connectivity index (χ4v) is 3.41. The maximum Gasteiger partial charge on any atom is 0.191 e. The molecule has 21 heavy (non-hydrogen) atoms. The van der Waals surface area contributed by atoms with Gasteiger partial charge in [0.05, 0.1) is 6.10 Å². The van der Waals surface area contributed by atoms with Crippen molar-refractivity contribution >= 4 is 5.96 Å². The zero-order valence-corrected chi connectivity index (χ0v) is 14.3. The number of hydrogen-bond donors (Lipinski definition) is 2. The Morgan fingerprint density at radius 1 is 1.43 bits per heavy atom. The number of nitrogens with zero attached hydrogens (tertiary/aromatic N) is 2. The van der Waals surface area contributed by atoms with Gasteiger partial charge in [0.15, 0.2) is 5.96 Å². The molecule has 0 aromatic heterocycles. The van der Waals surface area contributed by atoms with E-state index >= 15 is 0 Å². The van der Waals surface area contributed by atoms with E-state index in [1.165, 1.54) is 19.5 Å². The van der Waals surface area contributed by atoms with Crippen LogP contribution < -0.4 is 10.6 Å². The van der Waals surface area contributed by atoms with Crippen LogP contribution in [0.4, 0.5) is 0 Å². The monoisotopic (exact) mass is 296 g/mol. The predicted molar refractivity (Wildman–Crippen MR) is 87.7 cm³/mol. The van der Waals surface area contributed by atoms with Crippen molar-refractivity contribution in [3.8, 4) is 0 Å². The Bertz CT molecular complexity index is 369. The molecule has 0 spiro atoms. The lowest BCUT2D eigenvalue weighted by molar-refractivity contribution is -0.0922. The molecule has 0 radical (unpaired) electrons. The summed E-state index contributed by atoms with van der Waals surface area (Å²) < 4.78 is 5.52. The summed E-state index contributed by atoms with van der Waals surface area (Å²) in [7, 11) is 3.99. The minimum atomic E-state index is 0.165. The van der Waals surface area contributed by atoms with Gasteiger partial charge in [0.25, 0.3) is 0 Å². The number of guanidine groups is 1. The van der Waals surface area contributed by atoms with Gasteiger partial charge in [0.2, 0.25) is 0 Å². The standard InChI is InChI=1S/C16H32N4O/c1-6-17-15(18-10-12-7-8-20(4)11-12)19-13-9-14(21-5)16(13,2)3/h12-14H,6-11H2,1-5H3,(H2,17,18,19). The highest BCUT2D eigenvalue weighted by molar-refractivity contribution is 5.80. The molecule has 1 saturated heterocycles. The van der Waals surface area contributed by atoms with E-state index in [0.29, 0.717) is 18.1 Å². The fraction of sp³-hybridized carbons (Fsp3) is 0.938. The minimum Gasteiger partial charge on any atom is -0.381 e. The van der Waals surface area contributed by atoms with Crippen LogP contribution in [0.5, 0.6) is 0 Å². The first-order valence-corrected chi connectivity index (χ1v) is 8.23. The second kappa shape index (κ2) is 6.97. The first-order valence-electron chi connectivity index (χ1n) is 8.23. The predicted octanol–water partition coefficient (Wildman–Crippen LogP) is 1.31. The van der Waals surface area contributed by atoms with Crippen LogP contribution in [0.3, 0.4) is 0 Å². The Hall–Kier alpha value is -0.810. The Labute approximate surface area is 129 Å². The molecule has 5 heteroatoms. The van der Waals surface area contributed by atoms with E-state index in [4.69, 9.17) is 9.73 Å². The molecule has 2 aliphatic rings. The van der Waals surface area contributed by atoms with Gasteiger partial charge in [0.1, 0.15) is 0 Å². The van der Waals surface area contributed by atoms with Crippen LogP contribution in [0.2, 0.25) is 0 Å². The molecule has 0 amide bonds. The van der Waals surface area contributed by atoms with Crippen LogP contribution in [0, 0.1) is 11.3 Å². The van der Waals surface area contributed by atoms with Gasteiger partial charge in [-0.2, -0.15) is 0 Å². The number of ether oxygens (including phenoxy) is 1. The normalized spacial score (nSPS) is 32.8. The van der Waals surface area contributed by atoms with Crippen LogP contribution in [0.15, 0.2) is 4.99 Å². The lowest BCUT2D eigenvalue weighted by Crippen LogP contribution is -2.63. The molecule has 122 valence electrons. The number of hydrogen-bond acceptors (Lipinski definition) is 3. The van der Waals surface area contributed by atoms with Crippen molar-refractivity contribution in [2.75, 3.05) is 40.3 Å². The third kappa shape index (κ3) is 3.89. The third-order valence-corrected chi connectivity index (χ3v) is 5.11. The Morgan fingerprint density at radius 2 is 2.19 bits per heavy atom. The van der Waals surface area contributed by atoms with E-state index in [-0.39, 0.29) is 5.41 Å². The highest BCUT2D eigenvalue weighted by Crippen LogP contribution is 2.42. The van der Waals surface area contributed by atoms with Gasteiger partial charge in [-0.15, -0.1) is 0 Å². The minimum absolute atomic E-state index is 0.165. The summed E-state index contributed by atoms with van der Waals surface area (Å²) in [6.45, 7) is 10.8. The van der Waals surface area contributed by atoms with Crippen molar-refractivity contribution in [1.29, 1.82) is 0 Å². The van der Waals surface area contributed by atoms with Crippen molar-refractivity contribution in [3.63, 3.8) is 0 Å². The average Bonchev–Trinajstić information content (AvgIpc) is 2.85. The number of rotatable bonds is 5. The molecule has 1 heterocycles. The van der Waals surface area contributed by atoms with E-state index < -0.39 is 0 Å². The second-order valence-corrected chi connectivity index (χ2v) is 7.11. The molecule has 2 fully saturated rings. The van der Waals surface area contributed by atoms with Crippen molar-refractivity contribution in [1.82, 2.24) is 15.5 Å². The SMILES string of the molecule is CCNC(=NCC1CCN(C)C1)NC1CC(OC)C1(C)C. The van der Waals surface area contributed by atoms with Crippen LogP contribution >= 0.6 is 0 Å². The smallest absolute Gasteiger partial charge is 0.191 e. The third-order valence-electron chi connectivity index (χ3n) is 5.11. The number of aliphatic imine (C=N–C) groups is 1. The molecule has 1 aliphatic carbocycles. The zero-order valence-electron chi connectivity index (χ0n) is 14.3. The van der Waals surface area contributed by atoms with Gasteiger partial charge >= 0.3 is 0 Å². The molecule has 0 aromatic carbocycles. The molecule has 2 N–H and O–H groups in total. The Morgan fingerprint density at radius 3 is 2.71 bits per heavy atom. The van der Waals surface area contributed by atoms with Gasteiger partial charge in [0, 0.05) is 38.2 Å².